The van der Waals surface area contributed by atoms with E-state index in [-0.39, 0.29) is 24.9 Å². The van der Waals surface area contributed by atoms with Crippen molar-refractivity contribution in [2.24, 2.45) is 0 Å². The number of fused-ring (bicyclic) bond motifs is 1. The van der Waals surface area contributed by atoms with Gasteiger partial charge in [-0.25, -0.2) is 0 Å². The maximum absolute atomic E-state index is 12.7. The number of hydrogen-bond acceptors (Lipinski definition) is 5. The summed E-state index contributed by atoms with van der Waals surface area (Å²) in [4.78, 5) is 14.3. The van der Waals surface area contributed by atoms with E-state index in [1.165, 1.54) is 36.1 Å². The summed E-state index contributed by atoms with van der Waals surface area (Å²) in [5.74, 6) is 0.169. The van der Waals surface area contributed by atoms with Crippen LogP contribution in [0.15, 0.2) is 42.5 Å². The highest BCUT2D eigenvalue weighted by atomic mass is 32.2. The molecule has 3 rings (SSSR count). The number of methoxy groups -OCH3 is 1. The van der Waals surface area contributed by atoms with Gasteiger partial charge in [0.15, 0.2) is 6.79 Å². The van der Waals surface area contributed by atoms with Crippen LogP contribution < -0.4 is 9.46 Å². The first kappa shape index (κ1) is 20.9. The number of sulfonamides is 1. The standard InChI is InChI=1S/C18H17F3N2O5S/c1-27-11-28-15-4-2-3-13-10-23(17(24)16(13)15)9-12-5-7-14(8-6-12)22-29(25,26)18(19,20)21/h2-8,22H,9-11H2,1H3. The number of halogens is 3. The minimum absolute atomic E-state index is 0.000963. The molecule has 156 valence electrons. The van der Waals surface area contributed by atoms with Crippen LogP contribution in [-0.2, 0) is 27.8 Å². The van der Waals surface area contributed by atoms with Crippen LogP contribution in [0.4, 0.5) is 18.9 Å². The second-order valence-electron chi connectivity index (χ2n) is 6.25. The van der Waals surface area contributed by atoms with E-state index >= 15 is 0 Å². The number of amides is 1. The van der Waals surface area contributed by atoms with Crippen molar-refractivity contribution in [3.63, 3.8) is 0 Å². The van der Waals surface area contributed by atoms with Crippen LogP contribution in [0.3, 0.4) is 0 Å². The van der Waals surface area contributed by atoms with Crippen molar-refractivity contribution in [1.82, 2.24) is 4.90 Å². The molecule has 29 heavy (non-hydrogen) atoms. The maximum Gasteiger partial charge on any atom is 0.516 e. The molecule has 0 spiro atoms. The number of nitrogens with one attached hydrogen (secondary N) is 1. The lowest BCUT2D eigenvalue weighted by atomic mass is 10.1. The molecular formula is C18H17F3N2O5S. The van der Waals surface area contributed by atoms with E-state index in [0.29, 0.717) is 23.4 Å². The van der Waals surface area contributed by atoms with Gasteiger partial charge in [-0.2, -0.15) is 21.6 Å². The van der Waals surface area contributed by atoms with Crippen LogP contribution in [-0.4, -0.2) is 38.6 Å². The van der Waals surface area contributed by atoms with Gasteiger partial charge in [-0.15, -0.1) is 0 Å². The van der Waals surface area contributed by atoms with Gasteiger partial charge in [-0.3, -0.25) is 9.52 Å². The molecule has 2 aromatic carbocycles. The molecular weight excluding hydrogens is 413 g/mol. The number of anilines is 1. The molecule has 1 aliphatic rings. The summed E-state index contributed by atoms with van der Waals surface area (Å²) < 4.78 is 71.4. The summed E-state index contributed by atoms with van der Waals surface area (Å²) in [5, 5.41) is 0. The van der Waals surface area contributed by atoms with E-state index in [4.69, 9.17) is 9.47 Å². The third-order valence-electron chi connectivity index (χ3n) is 4.19. The quantitative estimate of drug-likeness (QED) is 0.683. The van der Waals surface area contributed by atoms with Gasteiger partial charge in [-0.05, 0) is 29.3 Å². The molecule has 0 aromatic heterocycles. The average molecular weight is 430 g/mol. The first-order chi connectivity index (χ1) is 13.6. The van der Waals surface area contributed by atoms with E-state index in [1.54, 1.807) is 17.0 Å². The van der Waals surface area contributed by atoms with Crippen molar-refractivity contribution >= 4 is 21.6 Å². The molecule has 1 heterocycles. The van der Waals surface area contributed by atoms with Gasteiger partial charge >= 0.3 is 15.5 Å². The monoisotopic (exact) mass is 430 g/mol. The van der Waals surface area contributed by atoms with Crippen molar-refractivity contribution in [3.05, 3.63) is 59.2 Å². The minimum Gasteiger partial charge on any atom is -0.467 e. The van der Waals surface area contributed by atoms with Crippen LogP contribution in [0.1, 0.15) is 21.5 Å². The zero-order valence-corrected chi connectivity index (χ0v) is 16.0. The van der Waals surface area contributed by atoms with E-state index in [1.807, 2.05) is 6.07 Å². The number of carbonyl (C=O) groups excluding carboxylic acids is 1. The normalized spacial score (nSPS) is 14.1. The number of benzene rings is 2. The zero-order chi connectivity index (χ0) is 21.2. The molecule has 1 amide bonds. The average Bonchev–Trinajstić information content (AvgIpc) is 2.97. The molecule has 1 N–H and O–H groups in total. The van der Waals surface area contributed by atoms with E-state index < -0.39 is 15.5 Å². The van der Waals surface area contributed by atoms with Crippen molar-refractivity contribution in [2.75, 3.05) is 18.6 Å². The SMILES string of the molecule is COCOc1cccc2c1C(=O)N(Cc1ccc(NS(=O)(=O)C(F)(F)F)cc1)C2. The highest BCUT2D eigenvalue weighted by Gasteiger charge is 2.46. The zero-order valence-electron chi connectivity index (χ0n) is 15.2. The Morgan fingerprint density at radius 2 is 1.83 bits per heavy atom. The molecule has 1 aliphatic heterocycles. The second-order valence-corrected chi connectivity index (χ2v) is 7.92. The Hall–Kier alpha value is -2.79. The van der Waals surface area contributed by atoms with E-state index in [2.05, 4.69) is 0 Å². The molecule has 0 saturated carbocycles. The van der Waals surface area contributed by atoms with Gasteiger partial charge < -0.3 is 14.4 Å². The van der Waals surface area contributed by atoms with Gasteiger partial charge in [0.05, 0.1) is 5.56 Å². The van der Waals surface area contributed by atoms with Gasteiger partial charge in [0.1, 0.15) is 5.75 Å². The van der Waals surface area contributed by atoms with Crippen LogP contribution in [0, 0.1) is 0 Å². The number of alkyl halides is 3. The first-order valence-corrected chi connectivity index (χ1v) is 9.81. The van der Waals surface area contributed by atoms with Gasteiger partial charge in [0.2, 0.25) is 0 Å². The highest BCUT2D eigenvalue weighted by Crippen LogP contribution is 2.32. The number of nitrogens with zero attached hydrogens (tertiary/aromatic N) is 1. The fraction of sp³-hybridized carbons (Fsp3) is 0.278. The smallest absolute Gasteiger partial charge is 0.467 e. The number of ether oxygens (including phenoxy) is 2. The minimum atomic E-state index is -5.48. The fourth-order valence-electron chi connectivity index (χ4n) is 2.87. The Morgan fingerprint density at radius 1 is 1.14 bits per heavy atom. The predicted octanol–water partition coefficient (Wildman–Crippen LogP) is 3.09. The molecule has 0 bridgehead atoms. The van der Waals surface area contributed by atoms with Gasteiger partial charge in [0.25, 0.3) is 5.91 Å². The Kier molecular flexibility index (Phi) is 5.71. The van der Waals surface area contributed by atoms with Crippen molar-refractivity contribution in [2.45, 2.75) is 18.6 Å². The summed E-state index contributed by atoms with van der Waals surface area (Å²) in [6.45, 7) is 0.545. The van der Waals surface area contributed by atoms with E-state index in [9.17, 15) is 26.4 Å². The molecule has 0 radical (unpaired) electrons. The topological polar surface area (TPSA) is 84.9 Å². The molecule has 0 unspecified atom stereocenters. The molecule has 0 atom stereocenters. The summed E-state index contributed by atoms with van der Waals surface area (Å²) in [5.41, 5.74) is -3.77. The number of rotatable bonds is 7. The summed E-state index contributed by atoms with van der Waals surface area (Å²) in [6.07, 6.45) is 0. The van der Waals surface area contributed by atoms with Crippen LogP contribution in [0.2, 0.25) is 0 Å². The Morgan fingerprint density at radius 3 is 2.45 bits per heavy atom. The largest absolute Gasteiger partial charge is 0.516 e. The maximum atomic E-state index is 12.7. The van der Waals surface area contributed by atoms with Crippen LogP contribution >= 0.6 is 0 Å². The van der Waals surface area contributed by atoms with Crippen molar-refractivity contribution in [3.8, 4) is 5.75 Å². The van der Waals surface area contributed by atoms with Gasteiger partial charge in [0, 0.05) is 25.9 Å². The molecule has 0 fully saturated rings. The first-order valence-electron chi connectivity index (χ1n) is 8.33. The number of hydrogen-bond donors (Lipinski definition) is 1. The second kappa shape index (κ2) is 7.91. The lowest BCUT2D eigenvalue weighted by Gasteiger charge is -2.16. The third kappa shape index (κ3) is 4.46. The lowest BCUT2D eigenvalue weighted by molar-refractivity contribution is -0.0429. The molecule has 7 nitrogen and oxygen atoms in total. The van der Waals surface area contributed by atoms with Crippen LogP contribution in [0.5, 0.6) is 5.75 Å². The molecule has 2 aromatic rings. The van der Waals surface area contributed by atoms with Crippen molar-refractivity contribution < 1.29 is 35.9 Å². The Bertz CT molecular complexity index is 1010. The molecule has 0 saturated heterocycles. The van der Waals surface area contributed by atoms with Gasteiger partial charge in [-0.1, -0.05) is 24.3 Å². The Labute approximate surface area is 165 Å². The lowest BCUT2D eigenvalue weighted by Crippen LogP contribution is -2.29. The van der Waals surface area contributed by atoms with E-state index in [0.717, 1.165) is 5.56 Å². The predicted molar refractivity (Wildman–Crippen MR) is 97.6 cm³/mol. The van der Waals surface area contributed by atoms with Crippen LogP contribution in [0.25, 0.3) is 0 Å². The third-order valence-corrected chi connectivity index (χ3v) is 5.31. The number of carbonyl (C=O) groups is 1. The summed E-state index contributed by atoms with van der Waals surface area (Å²) >= 11 is 0. The summed E-state index contributed by atoms with van der Waals surface area (Å²) in [6, 6.07) is 10.6. The van der Waals surface area contributed by atoms with Crippen molar-refractivity contribution in [1.29, 1.82) is 0 Å². The summed E-state index contributed by atoms with van der Waals surface area (Å²) in [7, 11) is -4.01. The molecule has 11 heteroatoms. The highest BCUT2D eigenvalue weighted by molar-refractivity contribution is 7.93. The fourth-order valence-corrected chi connectivity index (χ4v) is 3.43. The molecule has 0 aliphatic carbocycles. The Balaban J connectivity index is 1.71.